The number of amidine groups is 1. The van der Waals surface area contributed by atoms with Gasteiger partial charge in [-0.25, -0.2) is 0 Å². The quantitative estimate of drug-likeness (QED) is 0.846. The standard InChI is InChI=1S/C16H16N2O/c1-10-12-6-2-4-11-5-3-7-13(14(11)12)15(19-10)16-17-8-9-18-16/h2-7,10,15H,8-9H2,1H3,(H,17,18). The van der Waals surface area contributed by atoms with E-state index in [0.29, 0.717) is 0 Å². The zero-order valence-electron chi connectivity index (χ0n) is 10.9. The van der Waals surface area contributed by atoms with E-state index in [1.807, 2.05) is 0 Å². The summed E-state index contributed by atoms with van der Waals surface area (Å²) in [6.07, 6.45) is 0.0600. The summed E-state index contributed by atoms with van der Waals surface area (Å²) in [7, 11) is 0. The van der Waals surface area contributed by atoms with Crippen LogP contribution in [-0.4, -0.2) is 18.9 Å². The van der Waals surface area contributed by atoms with Crippen LogP contribution in [0.25, 0.3) is 10.8 Å². The molecule has 2 aromatic carbocycles. The van der Waals surface area contributed by atoms with Crippen LogP contribution in [0.2, 0.25) is 0 Å². The van der Waals surface area contributed by atoms with E-state index in [-0.39, 0.29) is 12.2 Å². The fourth-order valence-electron chi connectivity index (χ4n) is 3.11. The third kappa shape index (κ3) is 1.58. The Labute approximate surface area is 112 Å². The molecule has 2 aliphatic heterocycles. The lowest BCUT2D eigenvalue weighted by atomic mass is 9.90. The predicted octanol–water partition coefficient (Wildman–Crippen LogP) is 2.97. The topological polar surface area (TPSA) is 33.6 Å². The van der Waals surface area contributed by atoms with Gasteiger partial charge in [-0.2, -0.15) is 0 Å². The van der Waals surface area contributed by atoms with Crippen LogP contribution in [0.4, 0.5) is 0 Å². The molecule has 2 unspecified atom stereocenters. The Morgan fingerprint density at radius 1 is 1.16 bits per heavy atom. The van der Waals surface area contributed by atoms with Crippen molar-refractivity contribution in [2.45, 2.75) is 19.1 Å². The molecule has 4 rings (SSSR count). The van der Waals surface area contributed by atoms with Gasteiger partial charge in [-0.15, -0.1) is 0 Å². The molecule has 0 amide bonds. The number of aliphatic imine (C=N–C) groups is 1. The maximum atomic E-state index is 6.19. The Morgan fingerprint density at radius 3 is 2.68 bits per heavy atom. The Balaban J connectivity index is 1.98. The third-order valence-electron chi connectivity index (χ3n) is 3.98. The average molecular weight is 252 g/mol. The minimum Gasteiger partial charge on any atom is -0.369 e. The van der Waals surface area contributed by atoms with Crippen LogP contribution < -0.4 is 5.32 Å². The van der Waals surface area contributed by atoms with Crippen LogP contribution in [-0.2, 0) is 4.74 Å². The van der Waals surface area contributed by atoms with Crippen molar-refractivity contribution in [1.82, 2.24) is 5.32 Å². The molecule has 0 aliphatic carbocycles. The molecular formula is C16H16N2O. The highest BCUT2D eigenvalue weighted by Gasteiger charge is 2.31. The smallest absolute Gasteiger partial charge is 0.141 e. The van der Waals surface area contributed by atoms with Crippen molar-refractivity contribution < 1.29 is 4.74 Å². The van der Waals surface area contributed by atoms with Crippen LogP contribution in [0, 0.1) is 0 Å². The molecule has 19 heavy (non-hydrogen) atoms. The van der Waals surface area contributed by atoms with Gasteiger partial charge in [0.15, 0.2) is 0 Å². The van der Waals surface area contributed by atoms with Gasteiger partial charge in [0.05, 0.1) is 12.6 Å². The lowest BCUT2D eigenvalue weighted by molar-refractivity contribution is 0.0280. The predicted molar refractivity (Wildman–Crippen MR) is 76.5 cm³/mol. The first kappa shape index (κ1) is 11.0. The fraction of sp³-hybridized carbons (Fsp3) is 0.312. The maximum Gasteiger partial charge on any atom is 0.141 e. The molecular weight excluding hydrogens is 236 g/mol. The molecule has 2 atom stereocenters. The van der Waals surface area contributed by atoms with Gasteiger partial charge in [0.25, 0.3) is 0 Å². The molecule has 0 fully saturated rings. The molecule has 2 aromatic rings. The van der Waals surface area contributed by atoms with Gasteiger partial charge >= 0.3 is 0 Å². The van der Waals surface area contributed by atoms with Crippen molar-refractivity contribution in [3.05, 3.63) is 47.5 Å². The summed E-state index contributed by atoms with van der Waals surface area (Å²) in [5, 5.41) is 5.97. The minimum absolute atomic E-state index is 0.0453. The van der Waals surface area contributed by atoms with Gasteiger partial charge in [-0.05, 0) is 28.8 Å². The number of nitrogens with one attached hydrogen (secondary N) is 1. The van der Waals surface area contributed by atoms with Gasteiger partial charge in [-0.3, -0.25) is 4.99 Å². The number of hydrogen-bond acceptors (Lipinski definition) is 3. The van der Waals surface area contributed by atoms with Crippen molar-refractivity contribution in [3.8, 4) is 0 Å². The van der Waals surface area contributed by atoms with Crippen molar-refractivity contribution in [2.24, 2.45) is 4.99 Å². The molecule has 1 N–H and O–H groups in total. The molecule has 3 nitrogen and oxygen atoms in total. The highest BCUT2D eigenvalue weighted by Crippen LogP contribution is 2.41. The van der Waals surface area contributed by atoms with Crippen molar-refractivity contribution >= 4 is 16.6 Å². The Morgan fingerprint density at radius 2 is 1.95 bits per heavy atom. The monoisotopic (exact) mass is 252 g/mol. The molecule has 0 saturated carbocycles. The second-order valence-electron chi connectivity index (χ2n) is 5.14. The van der Waals surface area contributed by atoms with Crippen molar-refractivity contribution in [3.63, 3.8) is 0 Å². The maximum absolute atomic E-state index is 6.19. The summed E-state index contributed by atoms with van der Waals surface area (Å²) < 4.78 is 6.19. The molecule has 0 radical (unpaired) electrons. The molecule has 2 aliphatic rings. The number of rotatable bonds is 1. The molecule has 0 spiro atoms. The van der Waals surface area contributed by atoms with Gasteiger partial charge in [0.2, 0.25) is 0 Å². The van der Waals surface area contributed by atoms with Crippen molar-refractivity contribution in [1.29, 1.82) is 0 Å². The van der Waals surface area contributed by atoms with Crippen LogP contribution >= 0.6 is 0 Å². The number of hydrogen-bond donors (Lipinski definition) is 1. The van der Waals surface area contributed by atoms with E-state index in [1.54, 1.807) is 0 Å². The van der Waals surface area contributed by atoms with Crippen LogP contribution in [0.1, 0.15) is 30.3 Å². The van der Waals surface area contributed by atoms with E-state index in [0.717, 1.165) is 18.9 Å². The lowest BCUT2D eigenvalue weighted by Crippen LogP contribution is -2.30. The molecule has 0 aromatic heterocycles. The third-order valence-corrected chi connectivity index (χ3v) is 3.98. The average Bonchev–Trinajstić information content (AvgIpc) is 2.97. The largest absolute Gasteiger partial charge is 0.369 e. The van der Waals surface area contributed by atoms with Gasteiger partial charge < -0.3 is 10.1 Å². The van der Waals surface area contributed by atoms with Crippen molar-refractivity contribution in [2.75, 3.05) is 13.1 Å². The molecule has 3 heteroatoms. The summed E-state index contributed by atoms with van der Waals surface area (Å²) in [4.78, 5) is 4.53. The highest BCUT2D eigenvalue weighted by molar-refractivity contribution is 5.97. The molecule has 96 valence electrons. The van der Waals surface area contributed by atoms with Crippen LogP contribution in [0.15, 0.2) is 41.4 Å². The molecule has 0 saturated heterocycles. The normalized spacial score (nSPS) is 25.2. The van der Waals surface area contributed by atoms with E-state index >= 15 is 0 Å². The molecule has 2 heterocycles. The highest BCUT2D eigenvalue weighted by atomic mass is 16.5. The zero-order chi connectivity index (χ0) is 12.8. The SMILES string of the molecule is CC1OC(C2=NCCN2)c2cccc3cccc1c23. The first-order valence-electron chi connectivity index (χ1n) is 6.80. The summed E-state index contributed by atoms with van der Waals surface area (Å²) in [6.45, 7) is 3.88. The number of nitrogens with zero attached hydrogens (tertiary/aromatic N) is 1. The zero-order valence-corrected chi connectivity index (χ0v) is 10.9. The van der Waals surface area contributed by atoms with Crippen LogP contribution in [0.3, 0.4) is 0 Å². The number of ether oxygens (including phenoxy) is 1. The summed E-state index contributed by atoms with van der Waals surface area (Å²) in [6, 6.07) is 12.9. The van der Waals surface area contributed by atoms with Gasteiger partial charge in [0.1, 0.15) is 11.9 Å². The van der Waals surface area contributed by atoms with Gasteiger partial charge in [-0.1, -0.05) is 36.4 Å². The summed E-state index contributed by atoms with van der Waals surface area (Å²) >= 11 is 0. The van der Waals surface area contributed by atoms with E-state index in [2.05, 4.69) is 53.6 Å². The Kier molecular flexibility index (Phi) is 2.35. The molecule has 0 bridgehead atoms. The fourth-order valence-corrected chi connectivity index (χ4v) is 3.11. The van der Waals surface area contributed by atoms with E-state index < -0.39 is 0 Å². The van der Waals surface area contributed by atoms with E-state index in [9.17, 15) is 0 Å². The summed E-state index contributed by atoms with van der Waals surface area (Å²) in [5.41, 5.74) is 2.52. The second-order valence-corrected chi connectivity index (χ2v) is 5.14. The second kappa shape index (κ2) is 4.07. The van der Waals surface area contributed by atoms with E-state index in [1.165, 1.54) is 21.9 Å². The first-order valence-corrected chi connectivity index (χ1v) is 6.80. The first-order chi connectivity index (χ1) is 9.34. The van der Waals surface area contributed by atoms with Gasteiger partial charge in [0, 0.05) is 6.54 Å². The number of benzene rings is 2. The minimum atomic E-state index is -0.0453. The lowest BCUT2D eigenvalue weighted by Gasteiger charge is -2.31. The Bertz CT molecular complexity index is 672. The Hall–Kier alpha value is -1.87. The van der Waals surface area contributed by atoms with E-state index in [4.69, 9.17) is 4.74 Å². The van der Waals surface area contributed by atoms with Crippen LogP contribution in [0.5, 0.6) is 0 Å². The summed E-state index contributed by atoms with van der Waals surface area (Å²) in [5.74, 6) is 0.980.